The molecule has 6 heteroatoms. The number of rotatable bonds is 8. The summed E-state index contributed by atoms with van der Waals surface area (Å²) in [6, 6.07) is 24.6. The Kier molecular flexibility index (Phi) is 7.45. The Morgan fingerprint density at radius 1 is 0.730 bits per heavy atom. The molecule has 0 aromatic heterocycles. The van der Waals surface area contributed by atoms with E-state index < -0.39 is 6.04 Å². The number of likely N-dealkylation sites (tertiary alicyclic amines) is 1. The van der Waals surface area contributed by atoms with Crippen LogP contribution in [0.2, 0.25) is 0 Å². The second-order valence-corrected chi connectivity index (χ2v) is 9.74. The van der Waals surface area contributed by atoms with E-state index >= 15 is 0 Å². The van der Waals surface area contributed by atoms with Crippen LogP contribution >= 0.6 is 0 Å². The fourth-order valence-corrected chi connectivity index (χ4v) is 4.57. The Morgan fingerprint density at radius 3 is 1.86 bits per heavy atom. The summed E-state index contributed by atoms with van der Waals surface area (Å²) in [6.07, 6.45) is 7.81. The average molecular weight is 494 g/mol. The van der Waals surface area contributed by atoms with E-state index in [1.54, 1.807) is 4.90 Å². The number of hydrogen-bond donors (Lipinski definition) is 2. The van der Waals surface area contributed by atoms with Gasteiger partial charge in [-0.3, -0.25) is 14.4 Å². The fourth-order valence-electron chi connectivity index (χ4n) is 4.57. The summed E-state index contributed by atoms with van der Waals surface area (Å²) in [4.78, 5) is 39.4. The van der Waals surface area contributed by atoms with Crippen LogP contribution in [0.5, 0.6) is 0 Å². The maximum Gasteiger partial charge on any atom is 0.247 e. The van der Waals surface area contributed by atoms with E-state index in [9.17, 15) is 14.4 Å². The van der Waals surface area contributed by atoms with E-state index in [0.29, 0.717) is 25.1 Å². The normalized spacial score (nSPS) is 17.1. The Morgan fingerprint density at radius 2 is 1.30 bits per heavy atom. The highest BCUT2D eigenvalue weighted by atomic mass is 16.2. The van der Waals surface area contributed by atoms with E-state index in [2.05, 4.69) is 10.6 Å². The lowest BCUT2D eigenvalue weighted by molar-refractivity contribution is -0.136. The van der Waals surface area contributed by atoms with Gasteiger partial charge in [0.05, 0.1) is 6.42 Å². The van der Waals surface area contributed by atoms with E-state index in [1.807, 2.05) is 91.0 Å². The average Bonchev–Trinajstić information content (AvgIpc) is 3.65. The molecule has 37 heavy (non-hydrogen) atoms. The number of anilines is 2. The van der Waals surface area contributed by atoms with Crippen LogP contribution < -0.4 is 10.6 Å². The van der Waals surface area contributed by atoms with Gasteiger partial charge in [0.15, 0.2) is 0 Å². The lowest BCUT2D eigenvalue weighted by Crippen LogP contribution is -2.43. The summed E-state index contributed by atoms with van der Waals surface area (Å²) in [5.74, 6) is 0.139. The second kappa shape index (κ2) is 11.2. The van der Waals surface area contributed by atoms with Crippen molar-refractivity contribution in [1.29, 1.82) is 0 Å². The molecule has 6 nitrogen and oxygen atoms in total. The summed E-state index contributed by atoms with van der Waals surface area (Å²) in [6.45, 7) is 0.612. The smallest absolute Gasteiger partial charge is 0.247 e. The molecule has 2 fully saturated rings. The Bertz CT molecular complexity index is 1280. The van der Waals surface area contributed by atoms with Gasteiger partial charge < -0.3 is 15.5 Å². The zero-order chi connectivity index (χ0) is 25.6. The molecule has 0 spiro atoms. The molecule has 1 aliphatic heterocycles. The number of nitrogens with one attached hydrogen (secondary N) is 2. The predicted molar refractivity (Wildman–Crippen MR) is 147 cm³/mol. The van der Waals surface area contributed by atoms with Gasteiger partial charge in [0.2, 0.25) is 17.7 Å². The third-order valence-electron chi connectivity index (χ3n) is 6.85. The molecular formula is C31H31N3O3. The van der Waals surface area contributed by atoms with Crippen molar-refractivity contribution in [2.75, 3.05) is 17.2 Å². The van der Waals surface area contributed by atoms with Crippen molar-refractivity contribution < 1.29 is 14.4 Å². The van der Waals surface area contributed by atoms with Crippen LogP contribution in [0.4, 0.5) is 11.4 Å². The maximum absolute atomic E-state index is 13.0. The quantitative estimate of drug-likeness (QED) is 0.414. The molecule has 1 heterocycles. The van der Waals surface area contributed by atoms with E-state index in [0.717, 1.165) is 41.6 Å². The third-order valence-corrected chi connectivity index (χ3v) is 6.85. The van der Waals surface area contributed by atoms with Gasteiger partial charge in [-0.1, -0.05) is 66.7 Å². The van der Waals surface area contributed by atoms with Crippen molar-refractivity contribution in [3.05, 3.63) is 95.6 Å². The van der Waals surface area contributed by atoms with Crippen LogP contribution in [-0.2, 0) is 20.8 Å². The van der Waals surface area contributed by atoms with Gasteiger partial charge in [0, 0.05) is 23.8 Å². The lowest BCUT2D eigenvalue weighted by Gasteiger charge is -2.24. The molecule has 3 aromatic rings. The Labute approximate surface area is 217 Å². The minimum absolute atomic E-state index is 0.0114. The third kappa shape index (κ3) is 6.53. The van der Waals surface area contributed by atoms with E-state index in [4.69, 9.17) is 0 Å². The van der Waals surface area contributed by atoms with E-state index in [-0.39, 0.29) is 23.6 Å². The van der Waals surface area contributed by atoms with Crippen molar-refractivity contribution in [2.24, 2.45) is 5.92 Å². The van der Waals surface area contributed by atoms with Gasteiger partial charge in [-0.25, -0.2) is 0 Å². The molecule has 2 N–H and O–H groups in total. The summed E-state index contributed by atoms with van der Waals surface area (Å²) in [7, 11) is 0. The van der Waals surface area contributed by atoms with Crippen molar-refractivity contribution in [3.63, 3.8) is 0 Å². The van der Waals surface area contributed by atoms with Crippen LogP contribution in [0, 0.1) is 5.92 Å². The minimum atomic E-state index is -0.437. The minimum Gasteiger partial charge on any atom is -0.330 e. The lowest BCUT2D eigenvalue weighted by atomic mass is 10.1. The monoisotopic (exact) mass is 493 g/mol. The van der Waals surface area contributed by atoms with Gasteiger partial charge in [-0.2, -0.15) is 0 Å². The van der Waals surface area contributed by atoms with Crippen molar-refractivity contribution in [2.45, 2.75) is 38.1 Å². The van der Waals surface area contributed by atoms with E-state index in [1.165, 1.54) is 0 Å². The van der Waals surface area contributed by atoms with Gasteiger partial charge in [0.1, 0.15) is 6.04 Å². The standard InChI is InChI=1S/C31H31N3O3/c35-29(21-24-5-2-1-3-6-24)34-20-4-7-28(34)31(37)33-27-18-12-23(13-19-27)9-8-22-10-16-26(17-11-22)32-30(36)25-14-15-25/h1-3,5-6,8-13,16-19,25,28H,4,7,14-15,20-21H2,(H,32,36)(H,33,37)/t28-/m0/s1. The van der Waals surface area contributed by atoms with Crippen LogP contribution in [-0.4, -0.2) is 35.2 Å². The van der Waals surface area contributed by atoms with Gasteiger partial charge >= 0.3 is 0 Å². The fraction of sp³-hybridized carbons (Fsp3) is 0.258. The van der Waals surface area contributed by atoms with Crippen molar-refractivity contribution >= 4 is 41.2 Å². The summed E-state index contributed by atoms with van der Waals surface area (Å²) >= 11 is 0. The topological polar surface area (TPSA) is 78.5 Å². The molecule has 0 bridgehead atoms. The first-order valence-corrected chi connectivity index (χ1v) is 12.9. The zero-order valence-electron chi connectivity index (χ0n) is 20.7. The summed E-state index contributed by atoms with van der Waals surface area (Å²) in [5, 5.41) is 5.92. The highest BCUT2D eigenvalue weighted by molar-refractivity contribution is 5.98. The molecule has 0 radical (unpaired) electrons. The molecule has 3 aromatic carbocycles. The molecule has 3 amide bonds. The molecule has 2 aliphatic rings. The molecule has 1 saturated carbocycles. The molecule has 1 aliphatic carbocycles. The number of amides is 3. The Balaban J connectivity index is 1.14. The molecular weight excluding hydrogens is 462 g/mol. The number of carbonyl (C=O) groups excluding carboxylic acids is 3. The van der Waals surface area contributed by atoms with Gasteiger partial charge in [-0.05, 0) is 66.6 Å². The molecule has 5 rings (SSSR count). The molecule has 1 atom stereocenters. The van der Waals surface area contributed by atoms with Crippen LogP contribution in [0.1, 0.15) is 42.4 Å². The number of hydrogen-bond acceptors (Lipinski definition) is 3. The van der Waals surface area contributed by atoms with Gasteiger partial charge in [-0.15, -0.1) is 0 Å². The Hall–Kier alpha value is -4.19. The van der Waals surface area contributed by atoms with Crippen molar-refractivity contribution in [1.82, 2.24) is 4.90 Å². The molecule has 188 valence electrons. The largest absolute Gasteiger partial charge is 0.330 e. The first kappa shape index (κ1) is 24.5. The summed E-state index contributed by atoms with van der Waals surface area (Å²) < 4.78 is 0. The van der Waals surface area contributed by atoms with Crippen LogP contribution in [0.25, 0.3) is 12.2 Å². The van der Waals surface area contributed by atoms with Gasteiger partial charge in [0.25, 0.3) is 0 Å². The van der Waals surface area contributed by atoms with Crippen molar-refractivity contribution in [3.8, 4) is 0 Å². The first-order chi connectivity index (χ1) is 18.0. The highest BCUT2D eigenvalue weighted by Gasteiger charge is 2.34. The first-order valence-electron chi connectivity index (χ1n) is 12.9. The SMILES string of the molecule is O=C(Nc1ccc(C=Cc2ccc(NC(=O)[C@@H]3CCCN3C(=O)Cc3ccccc3)cc2)cc1)C1CC1. The highest BCUT2D eigenvalue weighted by Crippen LogP contribution is 2.30. The number of nitrogens with zero attached hydrogens (tertiary/aromatic N) is 1. The molecule has 1 saturated heterocycles. The van der Waals surface area contributed by atoms with Crippen LogP contribution in [0.3, 0.4) is 0 Å². The second-order valence-electron chi connectivity index (χ2n) is 9.74. The summed E-state index contributed by atoms with van der Waals surface area (Å²) in [5.41, 5.74) is 4.52. The predicted octanol–water partition coefficient (Wildman–Crippen LogP) is 5.38. The number of benzene rings is 3. The zero-order valence-corrected chi connectivity index (χ0v) is 20.7. The maximum atomic E-state index is 13.0. The van der Waals surface area contributed by atoms with Crippen LogP contribution in [0.15, 0.2) is 78.9 Å². The molecule has 0 unspecified atom stereocenters. The number of carbonyl (C=O) groups is 3.